The lowest BCUT2D eigenvalue weighted by Crippen LogP contribution is -2.53. The Morgan fingerprint density at radius 1 is 1.21 bits per heavy atom. The second-order valence-electron chi connectivity index (χ2n) is 7.29. The summed E-state index contributed by atoms with van der Waals surface area (Å²) in [5.41, 5.74) is 1.97. The van der Waals surface area contributed by atoms with Gasteiger partial charge in [0.1, 0.15) is 17.3 Å². The molecule has 1 saturated heterocycles. The number of rotatable bonds is 4. The summed E-state index contributed by atoms with van der Waals surface area (Å²) in [6.07, 6.45) is 0. The van der Waals surface area contributed by atoms with E-state index < -0.39 is 5.82 Å². The number of aromatic amines is 1. The maximum Gasteiger partial charge on any atom is 0.270 e. The SMILES string of the molecule is COc1ccc(F)c2[nH]c(C(=O)N3CCN(Cc4ccccc4)CC3C)cc12. The molecule has 5 nitrogen and oxygen atoms in total. The van der Waals surface area contributed by atoms with Crippen molar-refractivity contribution in [2.45, 2.75) is 19.5 Å². The van der Waals surface area contributed by atoms with Crippen molar-refractivity contribution in [3.05, 3.63) is 65.6 Å². The van der Waals surface area contributed by atoms with Gasteiger partial charge < -0.3 is 14.6 Å². The van der Waals surface area contributed by atoms with Crippen LogP contribution in [0.1, 0.15) is 23.0 Å². The zero-order valence-electron chi connectivity index (χ0n) is 16.1. The zero-order valence-corrected chi connectivity index (χ0v) is 16.1. The molecule has 1 aliphatic heterocycles. The van der Waals surface area contributed by atoms with E-state index in [-0.39, 0.29) is 11.9 Å². The Kier molecular flexibility index (Phi) is 5.05. The molecule has 4 rings (SSSR count). The maximum atomic E-state index is 14.1. The molecule has 1 N–H and O–H groups in total. The number of hydrogen-bond acceptors (Lipinski definition) is 3. The molecular weight excluding hydrogens is 357 g/mol. The lowest BCUT2D eigenvalue weighted by molar-refractivity contribution is 0.0471. The summed E-state index contributed by atoms with van der Waals surface area (Å²) in [6, 6.07) is 15.0. The Labute approximate surface area is 163 Å². The first-order valence-corrected chi connectivity index (χ1v) is 9.49. The molecule has 2 aromatic carbocycles. The van der Waals surface area contributed by atoms with Gasteiger partial charge in [0.15, 0.2) is 0 Å². The molecule has 1 amide bonds. The normalized spacial score (nSPS) is 17.8. The van der Waals surface area contributed by atoms with E-state index in [9.17, 15) is 9.18 Å². The van der Waals surface area contributed by atoms with E-state index in [0.29, 0.717) is 28.9 Å². The smallest absolute Gasteiger partial charge is 0.270 e. The van der Waals surface area contributed by atoms with Crippen LogP contribution in [0.5, 0.6) is 5.75 Å². The predicted molar refractivity (Wildman–Crippen MR) is 107 cm³/mol. The number of halogens is 1. The van der Waals surface area contributed by atoms with E-state index in [1.807, 2.05) is 23.1 Å². The largest absolute Gasteiger partial charge is 0.496 e. The summed E-state index contributed by atoms with van der Waals surface area (Å²) >= 11 is 0. The number of H-pyrrole nitrogens is 1. The van der Waals surface area contributed by atoms with Gasteiger partial charge in [0.25, 0.3) is 5.91 Å². The van der Waals surface area contributed by atoms with E-state index in [1.54, 1.807) is 12.1 Å². The van der Waals surface area contributed by atoms with Gasteiger partial charge in [-0.15, -0.1) is 0 Å². The van der Waals surface area contributed by atoms with Crippen molar-refractivity contribution in [3.63, 3.8) is 0 Å². The van der Waals surface area contributed by atoms with E-state index >= 15 is 0 Å². The Bertz CT molecular complexity index is 986. The number of aromatic nitrogens is 1. The lowest BCUT2D eigenvalue weighted by atomic mass is 10.1. The first kappa shape index (κ1) is 18.5. The third kappa shape index (κ3) is 3.47. The number of nitrogens with zero attached hydrogens (tertiary/aromatic N) is 2. The maximum absolute atomic E-state index is 14.1. The topological polar surface area (TPSA) is 48.6 Å². The average molecular weight is 381 g/mol. The zero-order chi connectivity index (χ0) is 19.7. The number of nitrogens with one attached hydrogen (secondary N) is 1. The summed E-state index contributed by atoms with van der Waals surface area (Å²) in [6.45, 7) is 5.18. The van der Waals surface area contributed by atoms with Gasteiger partial charge >= 0.3 is 0 Å². The fourth-order valence-corrected chi connectivity index (χ4v) is 3.93. The highest BCUT2D eigenvalue weighted by Crippen LogP contribution is 2.29. The second kappa shape index (κ2) is 7.64. The molecule has 0 saturated carbocycles. The minimum atomic E-state index is -0.393. The fourth-order valence-electron chi connectivity index (χ4n) is 3.93. The van der Waals surface area contributed by atoms with Crippen molar-refractivity contribution < 1.29 is 13.9 Å². The summed E-state index contributed by atoms with van der Waals surface area (Å²) in [5.74, 6) is 0.0486. The monoisotopic (exact) mass is 381 g/mol. The highest BCUT2D eigenvalue weighted by atomic mass is 19.1. The van der Waals surface area contributed by atoms with E-state index in [2.05, 4.69) is 28.9 Å². The molecule has 2 heterocycles. The third-order valence-electron chi connectivity index (χ3n) is 5.37. The van der Waals surface area contributed by atoms with Gasteiger partial charge in [0.05, 0.1) is 12.6 Å². The minimum Gasteiger partial charge on any atom is -0.496 e. The number of hydrogen-bond donors (Lipinski definition) is 1. The minimum absolute atomic E-state index is 0.0723. The van der Waals surface area contributed by atoms with Crippen LogP contribution in [-0.2, 0) is 6.54 Å². The third-order valence-corrected chi connectivity index (χ3v) is 5.37. The molecule has 1 atom stereocenters. The molecule has 0 radical (unpaired) electrons. The number of ether oxygens (including phenoxy) is 1. The van der Waals surface area contributed by atoms with Gasteiger partial charge in [-0.25, -0.2) is 4.39 Å². The van der Waals surface area contributed by atoms with Gasteiger partial charge in [-0.3, -0.25) is 9.69 Å². The quantitative estimate of drug-likeness (QED) is 0.750. The number of benzene rings is 2. The molecular formula is C22H24FN3O2. The van der Waals surface area contributed by atoms with E-state index in [0.717, 1.165) is 19.6 Å². The average Bonchev–Trinajstić information content (AvgIpc) is 3.15. The van der Waals surface area contributed by atoms with Gasteiger partial charge in [0, 0.05) is 37.6 Å². The molecule has 6 heteroatoms. The summed E-state index contributed by atoms with van der Waals surface area (Å²) in [7, 11) is 1.54. The Hall–Kier alpha value is -2.86. The van der Waals surface area contributed by atoms with Crippen molar-refractivity contribution >= 4 is 16.8 Å². The molecule has 1 aliphatic rings. The Morgan fingerprint density at radius 2 is 2.00 bits per heavy atom. The van der Waals surface area contributed by atoms with Gasteiger partial charge in [-0.2, -0.15) is 0 Å². The molecule has 0 aliphatic carbocycles. The number of methoxy groups -OCH3 is 1. The number of carbonyl (C=O) groups excluding carboxylic acids is 1. The van der Waals surface area contributed by atoms with Crippen LogP contribution in [0, 0.1) is 5.82 Å². The molecule has 28 heavy (non-hydrogen) atoms. The van der Waals surface area contributed by atoms with Crippen LogP contribution in [0.25, 0.3) is 10.9 Å². The van der Waals surface area contributed by atoms with Crippen molar-refractivity contribution in [1.29, 1.82) is 0 Å². The predicted octanol–water partition coefficient (Wildman–Crippen LogP) is 3.66. The summed E-state index contributed by atoms with van der Waals surface area (Å²) in [5, 5.41) is 0.584. The summed E-state index contributed by atoms with van der Waals surface area (Å²) in [4.78, 5) is 20.2. The number of amides is 1. The fraction of sp³-hybridized carbons (Fsp3) is 0.318. The number of fused-ring (bicyclic) bond motifs is 1. The Morgan fingerprint density at radius 3 is 2.71 bits per heavy atom. The van der Waals surface area contributed by atoms with Crippen molar-refractivity contribution in [2.24, 2.45) is 0 Å². The van der Waals surface area contributed by atoms with Gasteiger partial charge in [-0.1, -0.05) is 30.3 Å². The van der Waals surface area contributed by atoms with E-state index in [1.165, 1.54) is 18.7 Å². The van der Waals surface area contributed by atoms with Crippen LogP contribution in [0.3, 0.4) is 0 Å². The van der Waals surface area contributed by atoms with Crippen LogP contribution in [0.2, 0.25) is 0 Å². The number of piperazine rings is 1. The molecule has 3 aromatic rings. The lowest BCUT2D eigenvalue weighted by Gasteiger charge is -2.39. The highest BCUT2D eigenvalue weighted by molar-refractivity contribution is 6.00. The van der Waals surface area contributed by atoms with Crippen molar-refractivity contribution in [1.82, 2.24) is 14.8 Å². The standard InChI is InChI=1S/C22H24FN3O2/c1-15-13-25(14-16-6-4-3-5-7-16)10-11-26(15)22(27)19-12-17-20(28-2)9-8-18(23)21(17)24-19/h3-9,12,15,24H,10-11,13-14H2,1-2H3. The molecule has 1 aromatic heterocycles. The first-order chi connectivity index (χ1) is 13.6. The highest BCUT2D eigenvalue weighted by Gasteiger charge is 2.29. The molecule has 146 valence electrons. The van der Waals surface area contributed by atoms with Crippen molar-refractivity contribution in [2.75, 3.05) is 26.7 Å². The van der Waals surface area contributed by atoms with Crippen LogP contribution < -0.4 is 4.74 Å². The first-order valence-electron chi connectivity index (χ1n) is 9.49. The molecule has 0 bridgehead atoms. The molecule has 1 unspecified atom stereocenters. The van der Waals surface area contributed by atoms with Crippen LogP contribution in [-0.4, -0.2) is 53.5 Å². The summed E-state index contributed by atoms with van der Waals surface area (Å²) < 4.78 is 19.4. The van der Waals surface area contributed by atoms with Crippen LogP contribution in [0.15, 0.2) is 48.5 Å². The van der Waals surface area contributed by atoms with Crippen molar-refractivity contribution in [3.8, 4) is 5.75 Å². The molecule has 1 fully saturated rings. The number of carbonyl (C=O) groups is 1. The van der Waals surface area contributed by atoms with Crippen LogP contribution >= 0.6 is 0 Å². The second-order valence-corrected chi connectivity index (χ2v) is 7.29. The van der Waals surface area contributed by atoms with Crippen LogP contribution in [0.4, 0.5) is 4.39 Å². The Balaban J connectivity index is 1.50. The van der Waals surface area contributed by atoms with E-state index in [4.69, 9.17) is 4.74 Å². The van der Waals surface area contributed by atoms with Gasteiger partial charge in [0.2, 0.25) is 0 Å². The molecule has 0 spiro atoms. The van der Waals surface area contributed by atoms with Gasteiger partial charge in [-0.05, 0) is 30.7 Å².